The van der Waals surface area contributed by atoms with Gasteiger partial charge in [0, 0.05) is 0 Å². The molecule has 0 spiro atoms. The van der Waals surface area contributed by atoms with Crippen LogP contribution in [0.2, 0.25) is 0 Å². The maximum absolute atomic E-state index is 3.53. The Hall–Kier alpha value is -0.0800. The molecule has 2 heteroatoms. The summed E-state index contributed by atoms with van der Waals surface area (Å²) in [6.07, 6.45) is 6.94. The fraction of sp³-hybridized carbons (Fsp3) is 1.00. The second-order valence-electron chi connectivity index (χ2n) is 5.46. The molecule has 0 rings (SSSR count). The van der Waals surface area contributed by atoms with E-state index in [4.69, 9.17) is 0 Å². The van der Waals surface area contributed by atoms with Crippen LogP contribution in [0.5, 0.6) is 0 Å². The van der Waals surface area contributed by atoms with E-state index in [0.29, 0.717) is 0 Å². The van der Waals surface area contributed by atoms with Gasteiger partial charge in [0.2, 0.25) is 0 Å². The number of nitrogens with one attached hydrogen (secondary N) is 2. The molecule has 0 aromatic heterocycles. The van der Waals surface area contributed by atoms with E-state index in [1.807, 2.05) is 7.05 Å². The molecule has 1 atom stereocenters. The van der Waals surface area contributed by atoms with Crippen LogP contribution >= 0.6 is 0 Å². The van der Waals surface area contributed by atoms with Crippen molar-refractivity contribution in [2.75, 3.05) is 26.7 Å². The van der Waals surface area contributed by atoms with Gasteiger partial charge >= 0.3 is 0 Å². The van der Waals surface area contributed by atoms with Crippen LogP contribution in [0.15, 0.2) is 0 Å². The molecule has 2 nitrogen and oxygen atoms in total. The lowest BCUT2D eigenvalue weighted by Crippen LogP contribution is -2.28. The van der Waals surface area contributed by atoms with E-state index in [1.165, 1.54) is 38.6 Å². The lowest BCUT2D eigenvalue weighted by atomic mass is 10.0. The Balaban J connectivity index is 3.04. The summed E-state index contributed by atoms with van der Waals surface area (Å²) in [7, 11) is 2.02. The lowest BCUT2D eigenvalue weighted by Gasteiger charge is -2.11. The van der Waals surface area contributed by atoms with Crippen LogP contribution < -0.4 is 10.6 Å². The average Bonchev–Trinajstić information content (AvgIpc) is 2.22. The predicted octanol–water partition coefficient (Wildman–Crippen LogP) is 3.04. The molecule has 0 saturated carbocycles. The molecule has 0 aromatic carbocycles. The van der Waals surface area contributed by atoms with E-state index >= 15 is 0 Å². The van der Waals surface area contributed by atoms with Gasteiger partial charge in [-0.05, 0) is 44.9 Å². The standard InChI is InChI=1S/C14H32N2/c1-13(2)9-7-5-6-8-10-16-12-14(3)11-15-4/h13-16H,5-12H2,1-4H3. The zero-order valence-corrected chi connectivity index (χ0v) is 11.8. The third-order valence-electron chi connectivity index (χ3n) is 2.93. The van der Waals surface area contributed by atoms with Crippen molar-refractivity contribution in [2.24, 2.45) is 11.8 Å². The highest BCUT2D eigenvalue weighted by molar-refractivity contribution is 4.58. The zero-order chi connectivity index (χ0) is 12.2. The second-order valence-corrected chi connectivity index (χ2v) is 5.46. The first-order valence-corrected chi connectivity index (χ1v) is 7.02. The molecular formula is C14H32N2. The summed E-state index contributed by atoms with van der Waals surface area (Å²) in [5.74, 6) is 1.62. The molecule has 0 aliphatic heterocycles. The van der Waals surface area contributed by atoms with Gasteiger partial charge in [-0.2, -0.15) is 0 Å². The van der Waals surface area contributed by atoms with Crippen LogP contribution in [0, 0.1) is 11.8 Å². The first-order valence-electron chi connectivity index (χ1n) is 7.02. The maximum atomic E-state index is 3.53. The second kappa shape index (κ2) is 11.4. The van der Waals surface area contributed by atoms with Gasteiger partial charge in [0.25, 0.3) is 0 Å². The van der Waals surface area contributed by atoms with Crippen LogP contribution in [-0.2, 0) is 0 Å². The van der Waals surface area contributed by atoms with Gasteiger partial charge in [0.15, 0.2) is 0 Å². The molecule has 0 saturated heterocycles. The summed E-state index contributed by atoms with van der Waals surface area (Å²) < 4.78 is 0. The summed E-state index contributed by atoms with van der Waals surface area (Å²) in [6.45, 7) is 10.4. The van der Waals surface area contributed by atoms with Gasteiger partial charge in [-0.1, -0.05) is 46.5 Å². The molecule has 0 heterocycles. The minimum atomic E-state index is 0.742. The summed E-state index contributed by atoms with van der Waals surface area (Å²) in [5, 5.41) is 6.74. The van der Waals surface area contributed by atoms with E-state index in [9.17, 15) is 0 Å². The Morgan fingerprint density at radius 3 is 2.19 bits per heavy atom. The molecule has 16 heavy (non-hydrogen) atoms. The number of rotatable bonds is 11. The molecule has 0 fully saturated rings. The zero-order valence-electron chi connectivity index (χ0n) is 11.8. The van der Waals surface area contributed by atoms with Crippen molar-refractivity contribution in [3.8, 4) is 0 Å². The summed E-state index contributed by atoms with van der Waals surface area (Å²) in [4.78, 5) is 0. The minimum absolute atomic E-state index is 0.742. The monoisotopic (exact) mass is 228 g/mol. The summed E-state index contributed by atoms with van der Waals surface area (Å²) in [6, 6.07) is 0. The third kappa shape index (κ3) is 12.0. The Bertz CT molecular complexity index is 135. The van der Waals surface area contributed by atoms with E-state index in [-0.39, 0.29) is 0 Å². The summed E-state index contributed by atoms with van der Waals surface area (Å²) >= 11 is 0. The molecule has 0 aliphatic carbocycles. The van der Waals surface area contributed by atoms with Gasteiger partial charge in [-0.3, -0.25) is 0 Å². The first kappa shape index (κ1) is 15.9. The highest BCUT2D eigenvalue weighted by Crippen LogP contribution is 2.08. The average molecular weight is 228 g/mol. The van der Waals surface area contributed by atoms with Crippen molar-refractivity contribution in [1.29, 1.82) is 0 Å². The molecule has 0 bridgehead atoms. The fourth-order valence-corrected chi connectivity index (χ4v) is 1.93. The Labute approximate surface area is 103 Å². The van der Waals surface area contributed by atoms with Gasteiger partial charge in [0.05, 0.1) is 0 Å². The third-order valence-corrected chi connectivity index (χ3v) is 2.93. The molecule has 0 aliphatic rings. The van der Waals surface area contributed by atoms with Crippen molar-refractivity contribution in [2.45, 2.75) is 52.9 Å². The topological polar surface area (TPSA) is 24.1 Å². The van der Waals surface area contributed by atoms with Crippen molar-refractivity contribution in [1.82, 2.24) is 10.6 Å². The Kier molecular flexibility index (Phi) is 11.3. The van der Waals surface area contributed by atoms with Crippen LogP contribution in [0.4, 0.5) is 0 Å². The minimum Gasteiger partial charge on any atom is -0.319 e. The summed E-state index contributed by atoms with van der Waals surface area (Å²) in [5.41, 5.74) is 0. The van der Waals surface area contributed by atoms with Crippen molar-refractivity contribution in [3.63, 3.8) is 0 Å². The molecule has 0 radical (unpaired) electrons. The quantitative estimate of drug-likeness (QED) is 0.531. The highest BCUT2D eigenvalue weighted by atomic mass is 14.9. The highest BCUT2D eigenvalue weighted by Gasteiger charge is 1.99. The van der Waals surface area contributed by atoms with Crippen LogP contribution in [-0.4, -0.2) is 26.7 Å². The van der Waals surface area contributed by atoms with Crippen molar-refractivity contribution >= 4 is 0 Å². The first-order chi connectivity index (χ1) is 7.66. The predicted molar refractivity (Wildman–Crippen MR) is 73.9 cm³/mol. The molecule has 1 unspecified atom stereocenters. The van der Waals surface area contributed by atoms with E-state index in [1.54, 1.807) is 0 Å². The lowest BCUT2D eigenvalue weighted by molar-refractivity contribution is 0.474. The number of hydrogen-bond acceptors (Lipinski definition) is 2. The van der Waals surface area contributed by atoms with Gasteiger partial charge in [0.1, 0.15) is 0 Å². The van der Waals surface area contributed by atoms with E-state index in [0.717, 1.165) is 24.9 Å². The Morgan fingerprint density at radius 1 is 0.875 bits per heavy atom. The number of unbranched alkanes of at least 4 members (excludes halogenated alkanes) is 3. The molecule has 98 valence electrons. The Morgan fingerprint density at radius 2 is 1.56 bits per heavy atom. The van der Waals surface area contributed by atoms with Crippen molar-refractivity contribution in [3.05, 3.63) is 0 Å². The van der Waals surface area contributed by atoms with Gasteiger partial charge in [-0.25, -0.2) is 0 Å². The van der Waals surface area contributed by atoms with Gasteiger partial charge in [-0.15, -0.1) is 0 Å². The van der Waals surface area contributed by atoms with Gasteiger partial charge < -0.3 is 10.6 Å². The molecule has 0 amide bonds. The van der Waals surface area contributed by atoms with Crippen molar-refractivity contribution < 1.29 is 0 Å². The fourth-order valence-electron chi connectivity index (χ4n) is 1.93. The normalized spacial score (nSPS) is 13.3. The maximum Gasteiger partial charge on any atom is -0.00110 e. The van der Waals surface area contributed by atoms with Crippen LogP contribution in [0.25, 0.3) is 0 Å². The van der Waals surface area contributed by atoms with E-state index < -0.39 is 0 Å². The molecule has 0 aromatic rings. The molecular weight excluding hydrogens is 196 g/mol. The largest absolute Gasteiger partial charge is 0.319 e. The van der Waals surface area contributed by atoms with Crippen LogP contribution in [0.3, 0.4) is 0 Å². The van der Waals surface area contributed by atoms with E-state index in [2.05, 4.69) is 31.4 Å². The SMILES string of the molecule is CNCC(C)CNCCCCCCC(C)C. The number of hydrogen-bond donors (Lipinski definition) is 2. The smallest absolute Gasteiger partial charge is 0.00110 e. The molecule has 2 N–H and O–H groups in total. The van der Waals surface area contributed by atoms with Crippen LogP contribution in [0.1, 0.15) is 52.9 Å².